The van der Waals surface area contributed by atoms with E-state index in [1.807, 2.05) is 12.1 Å². The highest BCUT2D eigenvalue weighted by atomic mass is 35.5. The van der Waals surface area contributed by atoms with Crippen LogP contribution in [0.25, 0.3) is 10.9 Å². The molecule has 0 radical (unpaired) electrons. The van der Waals surface area contributed by atoms with E-state index in [2.05, 4.69) is 29.6 Å². The van der Waals surface area contributed by atoms with Crippen LogP contribution >= 0.6 is 11.6 Å². The fourth-order valence-electron chi connectivity index (χ4n) is 1.68. The number of aryl methyl sites for hydroxylation is 1. The third-order valence-electron chi connectivity index (χ3n) is 2.60. The van der Waals surface area contributed by atoms with Gasteiger partial charge in [0.2, 0.25) is 0 Å². The van der Waals surface area contributed by atoms with Crippen molar-refractivity contribution in [3.8, 4) is 0 Å². The summed E-state index contributed by atoms with van der Waals surface area (Å²) in [6.45, 7) is 5.52. The van der Waals surface area contributed by atoms with Gasteiger partial charge in [0.1, 0.15) is 5.15 Å². The molecule has 2 aromatic rings. The summed E-state index contributed by atoms with van der Waals surface area (Å²) >= 11 is 6.01. The Morgan fingerprint density at radius 2 is 2.20 bits per heavy atom. The fraction of sp³-hybridized carbons (Fsp3) is 0.417. The summed E-state index contributed by atoms with van der Waals surface area (Å²) in [5, 5.41) is 1.64. The molecule has 80 valence electrons. The molecule has 2 heterocycles. The van der Waals surface area contributed by atoms with E-state index >= 15 is 0 Å². The predicted octanol–water partition coefficient (Wildman–Crippen LogP) is 3.74. The molecule has 0 aliphatic carbocycles. The van der Waals surface area contributed by atoms with Crippen molar-refractivity contribution in [1.29, 1.82) is 0 Å². The number of halogens is 1. The lowest BCUT2D eigenvalue weighted by molar-refractivity contribution is 0.524. The highest BCUT2D eigenvalue weighted by Crippen LogP contribution is 2.22. The Morgan fingerprint density at radius 3 is 2.93 bits per heavy atom. The lowest BCUT2D eigenvalue weighted by atomic mass is 10.1. The second-order valence-corrected chi connectivity index (χ2v) is 4.58. The molecule has 2 aromatic heterocycles. The van der Waals surface area contributed by atoms with E-state index in [0.29, 0.717) is 5.15 Å². The van der Waals surface area contributed by atoms with E-state index in [0.717, 1.165) is 17.8 Å². The van der Waals surface area contributed by atoms with Crippen molar-refractivity contribution in [3.05, 3.63) is 29.7 Å². The predicted molar refractivity (Wildman–Crippen MR) is 64.2 cm³/mol. The standard InChI is InChI=1S/C12H15ClN2/c1-9(2)4-7-15-8-5-10-11(15)3-6-14-12(10)13/h3,5-6,8-9H,4,7H2,1-2H3. The van der Waals surface area contributed by atoms with Gasteiger partial charge < -0.3 is 4.57 Å². The van der Waals surface area contributed by atoms with Crippen LogP contribution in [0.2, 0.25) is 5.15 Å². The zero-order valence-electron chi connectivity index (χ0n) is 9.07. The molecular formula is C12H15ClN2. The lowest BCUT2D eigenvalue weighted by Crippen LogP contribution is -1.99. The van der Waals surface area contributed by atoms with Gasteiger partial charge in [-0.3, -0.25) is 0 Å². The third kappa shape index (κ3) is 2.15. The summed E-state index contributed by atoms with van der Waals surface area (Å²) in [6, 6.07) is 4.05. The number of rotatable bonds is 3. The van der Waals surface area contributed by atoms with Crippen LogP contribution < -0.4 is 0 Å². The van der Waals surface area contributed by atoms with E-state index < -0.39 is 0 Å². The molecule has 0 unspecified atom stereocenters. The zero-order valence-corrected chi connectivity index (χ0v) is 9.83. The summed E-state index contributed by atoms with van der Waals surface area (Å²) in [4.78, 5) is 4.07. The van der Waals surface area contributed by atoms with Gasteiger partial charge in [0, 0.05) is 24.3 Å². The Hall–Kier alpha value is -1.02. The van der Waals surface area contributed by atoms with Crippen LogP contribution in [0.15, 0.2) is 24.5 Å². The van der Waals surface area contributed by atoms with Gasteiger partial charge in [-0.1, -0.05) is 25.4 Å². The first kappa shape index (κ1) is 10.5. The molecular weight excluding hydrogens is 208 g/mol. The van der Waals surface area contributed by atoms with Gasteiger partial charge in [0.15, 0.2) is 0 Å². The van der Waals surface area contributed by atoms with E-state index in [-0.39, 0.29) is 0 Å². The highest BCUT2D eigenvalue weighted by Gasteiger charge is 2.05. The van der Waals surface area contributed by atoms with Crippen LogP contribution in [0.1, 0.15) is 20.3 Å². The number of pyridine rings is 1. The summed E-state index contributed by atoms with van der Waals surface area (Å²) in [6.07, 6.45) is 5.03. The smallest absolute Gasteiger partial charge is 0.138 e. The van der Waals surface area contributed by atoms with Crippen LogP contribution in [-0.2, 0) is 6.54 Å². The number of fused-ring (bicyclic) bond motifs is 1. The Bertz CT molecular complexity index is 460. The number of hydrogen-bond acceptors (Lipinski definition) is 1. The van der Waals surface area contributed by atoms with Crippen molar-refractivity contribution in [3.63, 3.8) is 0 Å². The van der Waals surface area contributed by atoms with Gasteiger partial charge >= 0.3 is 0 Å². The van der Waals surface area contributed by atoms with Gasteiger partial charge in [-0.05, 0) is 24.5 Å². The minimum absolute atomic E-state index is 0.593. The molecule has 0 aliphatic rings. The molecule has 2 rings (SSSR count). The second kappa shape index (κ2) is 4.23. The molecule has 0 aromatic carbocycles. The van der Waals surface area contributed by atoms with Gasteiger partial charge in [0.25, 0.3) is 0 Å². The average Bonchev–Trinajstić information content (AvgIpc) is 2.59. The average molecular weight is 223 g/mol. The van der Waals surface area contributed by atoms with Crippen molar-refractivity contribution >= 4 is 22.5 Å². The first-order valence-electron chi connectivity index (χ1n) is 5.28. The van der Waals surface area contributed by atoms with Crippen LogP contribution in [0.4, 0.5) is 0 Å². The summed E-state index contributed by atoms with van der Waals surface area (Å²) in [5.41, 5.74) is 1.18. The highest BCUT2D eigenvalue weighted by molar-refractivity contribution is 6.34. The molecule has 3 heteroatoms. The lowest BCUT2D eigenvalue weighted by Gasteiger charge is -2.07. The molecule has 0 fully saturated rings. The Morgan fingerprint density at radius 1 is 1.40 bits per heavy atom. The quantitative estimate of drug-likeness (QED) is 0.724. The van der Waals surface area contributed by atoms with Gasteiger partial charge in [-0.15, -0.1) is 0 Å². The van der Waals surface area contributed by atoms with Crippen molar-refractivity contribution in [2.24, 2.45) is 5.92 Å². The van der Waals surface area contributed by atoms with Crippen LogP contribution in [0.5, 0.6) is 0 Å². The second-order valence-electron chi connectivity index (χ2n) is 4.23. The van der Waals surface area contributed by atoms with Crippen LogP contribution in [0.3, 0.4) is 0 Å². The Kier molecular flexibility index (Phi) is 2.96. The molecule has 15 heavy (non-hydrogen) atoms. The maximum absolute atomic E-state index is 6.01. The van der Waals surface area contributed by atoms with Crippen LogP contribution in [-0.4, -0.2) is 9.55 Å². The Balaban J connectivity index is 2.33. The maximum Gasteiger partial charge on any atom is 0.138 e. The number of nitrogens with zero attached hydrogens (tertiary/aromatic N) is 2. The topological polar surface area (TPSA) is 17.8 Å². The molecule has 0 N–H and O–H groups in total. The van der Waals surface area contributed by atoms with E-state index in [1.165, 1.54) is 11.9 Å². The minimum atomic E-state index is 0.593. The summed E-state index contributed by atoms with van der Waals surface area (Å²) in [7, 11) is 0. The van der Waals surface area contributed by atoms with E-state index in [9.17, 15) is 0 Å². The molecule has 0 bridgehead atoms. The molecule has 0 saturated carbocycles. The van der Waals surface area contributed by atoms with Gasteiger partial charge in [-0.25, -0.2) is 4.98 Å². The first-order chi connectivity index (χ1) is 7.18. The number of aromatic nitrogens is 2. The first-order valence-corrected chi connectivity index (χ1v) is 5.65. The summed E-state index contributed by atoms with van der Waals surface area (Å²) in [5.74, 6) is 0.722. The van der Waals surface area contributed by atoms with Crippen LogP contribution in [0, 0.1) is 5.92 Å². The van der Waals surface area contributed by atoms with Gasteiger partial charge in [0.05, 0.1) is 5.52 Å². The van der Waals surface area contributed by atoms with Crippen molar-refractivity contribution in [1.82, 2.24) is 9.55 Å². The zero-order chi connectivity index (χ0) is 10.8. The number of hydrogen-bond donors (Lipinski definition) is 0. The fourth-order valence-corrected chi connectivity index (χ4v) is 1.90. The molecule has 2 nitrogen and oxygen atoms in total. The summed E-state index contributed by atoms with van der Waals surface area (Å²) < 4.78 is 2.24. The Labute approximate surface area is 94.9 Å². The maximum atomic E-state index is 6.01. The normalized spacial score (nSPS) is 11.5. The van der Waals surface area contributed by atoms with E-state index in [1.54, 1.807) is 6.20 Å². The minimum Gasteiger partial charge on any atom is -0.347 e. The largest absolute Gasteiger partial charge is 0.347 e. The molecule has 0 aliphatic heterocycles. The van der Waals surface area contributed by atoms with Crippen molar-refractivity contribution in [2.75, 3.05) is 0 Å². The van der Waals surface area contributed by atoms with E-state index in [4.69, 9.17) is 11.6 Å². The van der Waals surface area contributed by atoms with Crippen molar-refractivity contribution < 1.29 is 0 Å². The molecule has 0 atom stereocenters. The third-order valence-corrected chi connectivity index (χ3v) is 2.90. The molecule has 0 spiro atoms. The SMILES string of the molecule is CC(C)CCn1ccc2c(Cl)nccc21. The monoisotopic (exact) mass is 222 g/mol. The molecule has 0 saturated heterocycles. The molecule has 0 amide bonds. The van der Waals surface area contributed by atoms with Gasteiger partial charge in [-0.2, -0.15) is 0 Å². The van der Waals surface area contributed by atoms with Crippen molar-refractivity contribution in [2.45, 2.75) is 26.8 Å².